The van der Waals surface area contributed by atoms with Crippen LogP contribution in [0, 0.1) is 0 Å². The van der Waals surface area contributed by atoms with Crippen molar-refractivity contribution in [1.82, 2.24) is 29.9 Å². The van der Waals surface area contributed by atoms with E-state index in [2.05, 4.69) is 49.1 Å². The highest BCUT2D eigenvalue weighted by molar-refractivity contribution is 9.10. The molecule has 8 nitrogen and oxygen atoms in total. The average molecular weight is 965 g/mol. The third-order valence-electron chi connectivity index (χ3n) is 9.88. The summed E-state index contributed by atoms with van der Waals surface area (Å²) in [5, 5.41) is 18.4. The van der Waals surface area contributed by atoms with Gasteiger partial charge in [0, 0.05) is 47.9 Å². The fraction of sp³-hybridized carbons (Fsp3) is 0. The van der Waals surface area contributed by atoms with E-state index in [0.717, 1.165) is 49.0 Å². The largest absolute Gasteiger partial charge is 0.488 e. The average Bonchev–Trinajstić information content (AvgIpc) is 3.37. The SMILES string of the molecule is Clc1cc(-c2ccccc2)cc(-c2nc(-c3ccccc3)nc(-c3ccccc3)n2)c1.Clc1cc(Br)cc(-c2nc(-c3ccccc3)nc(-c3ccccc3)n2)c1.OB(O)c1ccccc1. The van der Waals surface area contributed by atoms with Crippen LogP contribution in [0.5, 0.6) is 0 Å². The highest BCUT2D eigenvalue weighted by atomic mass is 79.9. The maximum atomic E-state index is 8.58. The molecule has 0 bridgehead atoms. The molecule has 0 saturated carbocycles. The minimum absolute atomic E-state index is 0.525. The van der Waals surface area contributed by atoms with Crippen LogP contribution in [0.2, 0.25) is 10.0 Å². The van der Waals surface area contributed by atoms with Crippen LogP contribution in [0.3, 0.4) is 0 Å². The minimum Gasteiger partial charge on any atom is -0.423 e. The maximum Gasteiger partial charge on any atom is 0.488 e. The molecule has 0 aliphatic rings. The Bertz CT molecular complexity index is 3010. The molecule has 0 saturated heterocycles. The van der Waals surface area contributed by atoms with Gasteiger partial charge in [-0.05, 0) is 53.0 Å². The van der Waals surface area contributed by atoms with Crippen molar-refractivity contribution in [3.05, 3.63) is 233 Å². The molecule has 0 aliphatic heterocycles. The van der Waals surface area contributed by atoms with Crippen LogP contribution in [0.1, 0.15) is 0 Å². The summed E-state index contributed by atoms with van der Waals surface area (Å²) in [7, 11) is -1.34. The minimum atomic E-state index is -1.34. The first-order chi connectivity index (χ1) is 32.3. The molecule has 10 aromatic rings. The van der Waals surface area contributed by atoms with Gasteiger partial charge in [-0.3, -0.25) is 0 Å². The van der Waals surface area contributed by atoms with Gasteiger partial charge >= 0.3 is 7.12 Å². The zero-order valence-electron chi connectivity index (χ0n) is 35.1. The molecule has 2 heterocycles. The smallest absolute Gasteiger partial charge is 0.423 e. The molecule has 0 aliphatic carbocycles. The first kappa shape index (κ1) is 45.4. The highest BCUT2D eigenvalue weighted by Crippen LogP contribution is 2.32. The highest BCUT2D eigenvalue weighted by Gasteiger charge is 2.15. The predicted molar refractivity (Wildman–Crippen MR) is 272 cm³/mol. The van der Waals surface area contributed by atoms with E-state index in [-0.39, 0.29) is 0 Å². The van der Waals surface area contributed by atoms with E-state index in [1.165, 1.54) is 0 Å². The van der Waals surface area contributed by atoms with Crippen LogP contribution in [-0.4, -0.2) is 47.1 Å². The van der Waals surface area contributed by atoms with Gasteiger partial charge in [0.05, 0.1) is 0 Å². The molecule has 0 unspecified atom stereocenters. The standard InChI is InChI=1S/C27H18ClN3.C21H13BrClN3.C6H7BO2/c28-24-17-22(19-10-4-1-5-11-19)16-23(18-24)27-30-25(20-12-6-2-7-13-20)29-26(31-27)21-14-8-3-9-15-21;22-17-11-16(12-18(23)13-17)21-25-19(14-7-3-1-4-8-14)24-20(26-21)15-9-5-2-6-10-15;8-7(9)6-4-2-1-3-5-6/h1-18H;1-13H;1-5,8-9H. The molecule has 66 heavy (non-hydrogen) atoms. The number of hydrogen-bond donors (Lipinski definition) is 2. The van der Waals surface area contributed by atoms with Crippen molar-refractivity contribution in [2.75, 3.05) is 0 Å². The van der Waals surface area contributed by atoms with E-state index in [1.54, 1.807) is 24.3 Å². The van der Waals surface area contributed by atoms with Crippen molar-refractivity contribution in [3.8, 4) is 79.5 Å². The molecule has 0 atom stereocenters. The molecule has 2 N–H and O–H groups in total. The van der Waals surface area contributed by atoms with Crippen LogP contribution in [-0.2, 0) is 0 Å². The summed E-state index contributed by atoms with van der Waals surface area (Å²) in [6.45, 7) is 0. The van der Waals surface area contributed by atoms with E-state index in [1.807, 2.05) is 176 Å². The van der Waals surface area contributed by atoms with Crippen molar-refractivity contribution < 1.29 is 10.0 Å². The summed E-state index contributed by atoms with van der Waals surface area (Å²) in [6.07, 6.45) is 0. The second kappa shape index (κ2) is 22.1. The number of aromatic nitrogens is 6. The van der Waals surface area contributed by atoms with Crippen molar-refractivity contribution in [2.24, 2.45) is 0 Å². The quantitative estimate of drug-likeness (QED) is 0.145. The van der Waals surface area contributed by atoms with Gasteiger partial charge in [0.1, 0.15) is 0 Å². The topological polar surface area (TPSA) is 118 Å². The zero-order valence-corrected chi connectivity index (χ0v) is 38.2. The molecule has 0 fully saturated rings. The number of rotatable bonds is 8. The normalized spacial score (nSPS) is 10.5. The molecule has 8 aromatic carbocycles. The number of halogens is 3. The van der Waals surface area contributed by atoms with E-state index < -0.39 is 7.12 Å². The van der Waals surface area contributed by atoms with E-state index in [0.29, 0.717) is 50.5 Å². The summed E-state index contributed by atoms with van der Waals surface area (Å²) in [5.74, 6) is 3.70. The lowest BCUT2D eigenvalue weighted by Crippen LogP contribution is -2.29. The third kappa shape index (κ3) is 12.1. The van der Waals surface area contributed by atoms with Gasteiger partial charge in [-0.15, -0.1) is 0 Å². The van der Waals surface area contributed by atoms with Crippen LogP contribution >= 0.6 is 39.1 Å². The predicted octanol–water partition coefficient (Wildman–Crippen LogP) is 12.8. The molecular weight excluding hydrogens is 926 g/mol. The lowest BCUT2D eigenvalue weighted by Gasteiger charge is -2.10. The van der Waals surface area contributed by atoms with Crippen molar-refractivity contribution in [2.45, 2.75) is 0 Å². The van der Waals surface area contributed by atoms with E-state index in [9.17, 15) is 0 Å². The Balaban J connectivity index is 0.000000153. The Kier molecular flexibility index (Phi) is 15.2. The lowest BCUT2D eigenvalue weighted by atomic mass is 9.81. The molecule has 0 spiro atoms. The van der Waals surface area contributed by atoms with Gasteiger partial charge in [-0.1, -0.05) is 221 Å². The fourth-order valence-electron chi connectivity index (χ4n) is 6.70. The maximum absolute atomic E-state index is 8.58. The Hall–Kier alpha value is -7.18. The fourth-order valence-corrected chi connectivity index (χ4v) is 7.79. The molecule has 0 radical (unpaired) electrons. The first-order valence-corrected chi connectivity index (χ1v) is 22.3. The monoisotopic (exact) mass is 962 g/mol. The molecule has 0 amide bonds. The third-order valence-corrected chi connectivity index (χ3v) is 10.8. The molecule has 10 rings (SSSR count). The van der Waals surface area contributed by atoms with Gasteiger partial charge in [0.15, 0.2) is 34.9 Å². The van der Waals surface area contributed by atoms with Gasteiger partial charge in [0.25, 0.3) is 0 Å². The Morgan fingerprint density at radius 2 is 0.576 bits per heavy atom. The molecule has 12 heteroatoms. The molecular formula is C54H38BBrCl2N6O2. The zero-order chi connectivity index (χ0) is 45.7. The van der Waals surface area contributed by atoms with Gasteiger partial charge in [-0.25, -0.2) is 29.9 Å². The Morgan fingerprint density at radius 1 is 0.303 bits per heavy atom. The van der Waals surface area contributed by atoms with Gasteiger partial charge in [-0.2, -0.15) is 0 Å². The van der Waals surface area contributed by atoms with Crippen LogP contribution in [0.15, 0.2) is 223 Å². The summed E-state index contributed by atoms with van der Waals surface area (Å²) >= 11 is 16.2. The molecule has 320 valence electrons. The summed E-state index contributed by atoms with van der Waals surface area (Å²) < 4.78 is 0.878. The van der Waals surface area contributed by atoms with E-state index >= 15 is 0 Å². The Labute approximate surface area is 401 Å². The summed E-state index contributed by atoms with van der Waals surface area (Å²) in [4.78, 5) is 28.4. The van der Waals surface area contributed by atoms with Crippen LogP contribution in [0.4, 0.5) is 0 Å². The molecule has 2 aromatic heterocycles. The van der Waals surface area contributed by atoms with Crippen molar-refractivity contribution in [3.63, 3.8) is 0 Å². The van der Waals surface area contributed by atoms with Crippen molar-refractivity contribution in [1.29, 1.82) is 0 Å². The Morgan fingerprint density at radius 3 is 0.894 bits per heavy atom. The number of nitrogens with zero attached hydrogens (tertiary/aromatic N) is 6. The van der Waals surface area contributed by atoms with E-state index in [4.69, 9.17) is 48.2 Å². The number of hydrogen-bond acceptors (Lipinski definition) is 8. The van der Waals surface area contributed by atoms with Crippen LogP contribution < -0.4 is 5.46 Å². The first-order valence-electron chi connectivity index (χ1n) is 20.7. The second-order valence-electron chi connectivity index (χ2n) is 14.6. The van der Waals surface area contributed by atoms with Crippen LogP contribution in [0.25, 0.3) is 79.5 Å². The summed E-state index contributed by atoms with van der Waals surface area (Å²) in [6, 6.07) is 70.0. The van der Waals surface area contributed by atoms with Gasteiger partial charge < -0.3 is 10.0 Å². The summed E-state index contributed by atoms with van der Waals surface area (Å²) in [5.41, 5.74) is 8.07. The lowest BCUT2D eigenvalue weighted by molar-refractivity contribution is 0.426. The van der Waals surface area contributed by atoms with Crippen molar-refractivity contribution >= 4 is 51.7 Å². The number of benzene rings is 8. The second-order valence-corrected chi connectivity index (χ2v) is 16.4. The van der Waals surface area contributed by atoms with Gasteiger partial charge in [0.2, 0.25) is 0 Å².